The van der Waals surface area contributed by atoms with Crippen molar-refractivity contribution in [1.29, 1.82) is 0 Å². The van der Waals surface area contributed by atoms with Crippen LogP contribution in [-0.4, -0.2) is 13.6 Å². The highest BCUT2D eigenvalue weighted by Crippen LogP contribution is 2.24. The number of hydrogen-bond acceptors (Lipinski definition) is 1. The van der Waals surface area contributed by atoms with E-state index in [-0.39, 0.29) is 0 Å². The molecule has 0 aliphatic carbocycles. The van der Waals surface area contributed by atoms with Crippen molar-refractivity contribution in [2.24, 2.45) is 0 Å². The van der Waals surface area contributed by atoms with Gasteiger partial charge in [-0.1, -0.05) is 52.3 Å². The molecule has 0 saturated carbocycles. The zero-order chi connectivity index (χ0) is 13.7. The summed E-state index contributed by atoms with van der Waals surface area (Å²) in [5.74, 6) is 0.521. The fraction of sp³-hybridized carbons (Fsp3) is 0.294. The molecule has 0 saturated heterocycles. The minimum Gasteiger partial charge on any atom is -0.319 e. The molecule has 0 fully saturated rings. The van der Waals surface area contributed by atoms with Gasteiger partial charge in [0.25, 0.3) is 0 Å². The maximum absolute atomic E-state index is 3.49. The molecule has 0 spiro atoms. The SMILES string of the molecule is CNCC(Cc1ccc(Br)cc1)c1ccccc1C. The molecular formula is C17H20BrN. The van der Waals surface area contributed by atoms with E-state index in [0.717, 1.165) is 17.4 Å². The normalized spacial score (nSPS) is 12.4. The molecule has 2 aromatic carbocycles. The molecule has 0 aliphatic heterocycles. The van der Waals surface area contributed by atoms with Gasteiger partial charge in [-0.05, 0) is 49.2 Å². The van der Waals surface area contributed by atoms with Crippen LogP contribution in [0.2, 0.25) is 0 Å². The maximum Gasteiger partial charge on any atom is 0.0175 e. The molecule has 0 aromatic heterocycles. The Kier molecular flexibility index (Phi) is 5.17. The van der Waals surface area contributed by atoms with Crippen LogP contribution in [0.4, 0.5) is 0 Å². The van der Waals surface area contributed by atoms with E-state index < -0.39 is 0 Å². The average Bonchev–Trinajstić information content (AvgIpc) is 2.41. The number of aryl methyl sites for hydroxylation is 1. The Bertz CT molecular complexity index is 519. The molecule has 2 rings (SSSR count). The monoisotopic (exact) mass is 317 g/mol. The number of nitrogens with one attached hydrogen (secondary N) is 1. The molecule has 2 heteroatoms. The van der Waals surface area contributed by atoms with Crippen molar-refractivity contribution in [3.05, 3.63) is 69.7 Å². The van der Waals surface area contributed by atoms with E-state index in [1.165, 1.54) is 16.7 Å². The summed E-state index contributed by atoms with van der Waals surface area (Å²) >= 11 is 3.49. The molecule has 0 bridgehead atoms. The second kappa shape index (κ2) is 6.88. The lowest BCUT2D eigenvalue weighted by Crippen LogP contribution is -2.19. The minimum absolute atomic E-state index is 0.521. The highest BCUT2D eigenvalue weighted by molar-refractivity contribution is 9.10. The van der Waals surface area contributed by atoms with Crippen LogP contribution in [-0.2, 0) is 6.42 Å². The maximum atomic E-state index is 3.49. The van der Waals surface area contributed by atoms with Crippen molar-refractivity contribution in [3.63, 3.8) is 0 Å². The van der Waals surface area contributed by atoms with Crippen LogP contribution in [0.5, 0.6) is 0 Å². The van der Waals surface area contributed by atoms with Gasteiger partial charge in [0.15, 0.2) is 0 Å². The lowest BCUT2D eigenvalue weighted by Gasteiger charge is -2.19. The molecule has 2 aromatic rings. The third-order valence-electron chi connectivity index (χ3n) is 3.47. The Morgan fingerprint density at radius 3 is 2.37 bits per heavy atom. The Morgan fingerprint density at radius 1 is 1.05 bits per heavy atom. The first-order valence-electron chi connectivity index (χ1n) is 6.65. The third kappa shape index (κ3) is 3.92. The van der Waals surface area contributed by atoms with Crippen molar-refractivity contribution in [3.8, 4) is 0 Å². The summed E-state index contributed by atoms with van der Waals surface area (Å²) in [7, 11) is 2.02. The van der Waals surface area contributed by atoms with Gasteiger partial charge in [-0.2, -0.15) is 0 Å². The molecule has 1 atom stereocenters. The average molecular weight is 318 g/mol. The summed E-state index contributed by atoms with van der Waals surface area (Å²) in [5.41, 5.74) is 4.20. The van der Waals surface area contributed by atoms with Crippen molar-refractivity contribution in [2.75, 3.05) is 13.6 Å². The van der Waals surface area contributed by atoms with E-state index >= 15 is 0 Å². The molecular weight excluding hydrogens is 298 g/mol. The predicted molar refractivity (Wildman–Crippen MR) is 85.7 cm³/mol. The molecule has 1 N–H and O–H groups in total. The summed E-state index contributed by atoms with van der Waals surface area (Å²) < 4.78 is 1.14. The minimum atomic E-state index is 0.521. The summed E-state index contributed by atoms with van der Waals surface area (Å²) in [5, 5.41) is 3.32. The van der Waals surface area contributed by atoms with Gasteiger partial charge in [0.05, 0.1) is 0 Å². The zero-order valence-corrected chi connectivity index (χ0v) is 13.1. The van der Waals surface area contributed by atoms with Crippen LogP contribution in [0.15, 0.2) is 53.0 Å². The lowest BCUT2D eigenvalue weighted by atomic mass is 9.89. The van der Waals surface area contributed by atoms with Crippen molar-refractivity contribution >= 4 is 15.9 Å². The van der Waals surface area contributed by atoms with Crippen molar-refractivity contribution in [1.82, 2.24) is 5.32 Å². The van der Waals surface area contributed by atoms with E-state index in [1.54, 1.807) is 0 Å². The Hall–Kier alpha value is -1.12. The van der Waals surface area contributed by atoms with Crippen LogP contribution in [0.25, 0.3) is 0 Å². The van der Waals surface area contributed by atoms with E-state index in [2.05, 4.69) is 76.7 Å². The van der Waals surface area contributed by atoms with Crippen molar-refractivity contribution < 1.29 is 0 Å². The molecule has 100 valence electrons. The third-order valence-corrected chi connectivity index (χ3v) is 4.00. The molecule has 19 heavy (non-hydrogen) atoms. The van der Waals surface area contributed by atoms with E-state index in [4.69, 9.17) is 0 Å². The van der Waals surface area contributed by atoms with Gasteiger partial charge in [0, 0.05) is 16.9 Å². The highest BCUT2D eigenvalue weighted by Gasteiger charge is 2.13. The van der Waals surface area contributed by atoms with Crippen LogP contribution in [0.3, 0.4) is 0 Å². The van der Waals surface area contributed by atoms with Gasteiger partial charge in [-0.3, -0.25) is 0 Å². The molecule has 0 amide bonds. The van der Waals surface area contributed by atoms with Crippen LogP contribution in [0, 0.1) is 6.92 Å². The number of benzene rings is 2. The highest BCUT2D eigenvalue weighted by atomic mass is 79.9. The number of rotatable bonds is 5. The summed E-state index contributed by atoms with van der Waals surface area (Å²) in [6.07, 6.45) is 1.07. The number of halogens is 1. The predicted octanol–water partition coefficient (Wildman–Crippen LogP) is 4.30. The first-order chi connectivity index (χ1) is 9.20. The molecule has 0 aliphatic rings. The smallest absolute Gasteiger partial charge is 0.0175 e. The zero-order valence-electron chi connectivity index (χ0n) is 11.5. The van der Waals surface area contributed by atoms with Crippen LogP contribution < -0.4 is 5.32 Å². The largest absolute Gasteiger partial charge is 0.319 e. The van der Waals surface area contributed by atoms with Crippen LogP contribution >= 0.6 is 15.9 Å². The molecule has 1 unspecified atom stereocenters. The quantitative estimate of drug-likeness (QED) is 0.866. The summed E-state index contributed by atoms with van der Waals surface area (Å²) in [6, 6.07) is 17.3. The van der Waals surface area contributed by atoms with Gasteiger partial charge in [-0.25, -0.2) is 0 Å². The topological polar surface area (TPSA) is 12.0 Å². The van der Waals surface area contributed by atoms with E-state index in [0.29, 0.717) is 5.92 Å². The summed E-state index contributed by atoms with van der Waals surface area (Å²) in [4.78, 5) is 0. The van der Waals surface area contributed by atoms with E-state index in [9.17, 15) is 0 Å². The molecule has 0 heterocycles. The second-order valence-electron chi connectivity index (χ2n) is 4.94. The van der Waals surface area contributed by atoms with Crippen molar-refractivity contribution in [2.45, 2.75) is 19.3 Å². The number of hydrogen-bond donors (Lipinski definition) is 1. The van der Waals surface area contributed by atoms with Gasteiger partial charge in [-0.15, -0.1) is 0 Å². The molecule has 0 radical (unpaired) electrons. The van der Waals surface area contributed by atoms with Gasteiger partial charge in [0.1, 0.15) is 0 Å². The summed E-state index contributed by atoms with van der Waals surface area (Å²) in [6.45, 7) is 3.19. The van der Waals surface area contributed by atoms with Gasteiger partial charge >= 0.3 is 0 Å². The van der Waals surface area contributed by atoms with Gasteiger partial charge in [0.2, 0.25) is 0 Å². The fourth-order valence-electron chi connectivity index (χ4n) is 2.49. The Balaban J connectivity index is 2.21. The fourth-order valence-corrected chi connectivity index (χ4v) is 2.75. The first-order valence-corrected chi connectivity index (χ1v) is 7.44. The Labute approximate surface area is 124 Å². The second-order valence-corrected chi connectivity index (χ2v) is 5.86. The first kappa shape index (κ1) is 14.3. The molecule has 1 nitrogen and oxygen atoms in total. The standard InChI is InChI=1S/C17H20BrN/c1-13-5-3-4-6-17(13)15(12-19-2)11-14-7-9-16(18)10-8-14/h3-10,15,19H,11-12H2,1-2H3. The van der Waals surface area contributed by atoms with Crippen LogP contribution in [0.1, 0.15) is 22.6 Å². The van der Waals surface area contributed by atoms with Gasteiger partial charge < -0.3 is 5.32 Å². The van der Waals surface area contributed by atoms with E-state index in [1.807, 2.05) is 7.05 Å². The Morgan fingerprint density at radius 2 is 1.74 bits per heavy atom. The lowest BCUT2D eigenvalue weighted by molar-refractivity contribution is 0.623. The number of likely N-dealkylation sites (N-methyl/N-ethyl adjacent to an activating group) is 1.